The Morgan fingerprint density at radius 3 is 2.60 bits per heavy atom. The molecule has 0 bridgehead atoms. The molecule has 5 rings (SSSR count). The number of hydrogen-bond donors (Lipinski definition) is 0. The Bertz CT molecular complexity index is 1350. The van der Waals surface area contributed by atoms with Crippen LogP contribution in [0.25, 0.3) is 17.0 Å². The molecule has 0 atom stereocenters. The number of fused-ring (bicyclic) bond motifs is 1. The highest BCUT2D eigenvalue weighted by Gasteiger charge is 2.35. The Labute approximate surface area is 208 Å². The molecule has 0 spiro atoms. The largest absolute Gasteiger partial charge is 0.416 e. The number of benzene rings is 2. The van der Waals surface area contributed by atoms with Crippen LogP contribution in [-0.4, -0.2) is 56.9 Å². The van der Waals surface area contributed by atoms with Gasteiger partial charge in [0, 0.05) is 23.5 Å². The maximum absolute atomic E-state index is 13.5. The van der Waals surface area contributed by atoms with E-state index in [1.165, 1.54) is 21.7 Å². The van der Waals surface area contributed by atoms with Crippen LogP contribution in [0.5, 0.6) is 0 Å². The van der Waals surface area contributed by atoms with Gasteiger partial charge in [-0.05, 0) is 72.7 Å². The molecule has 0 aliphatic carbocycles. The van der Waals surface area contributed by atoms with Gasteiger partial charge in [0.1, 0.15) is 0 Å². The summed E-state index contributed by atoms with van der Waals surface area (Å²) in [6, 6.07) is 8.97. The molecule has 2 fully saturated rings. The fraction of sp³-hybridized carbons (Fsp3) is 0.292. The summed E-state index contributed by atoms with van der Waals surface area (Å²) in [7, 11) is 0. The first-order valence-electron chi connectivity index (χ1n) is 11.0. The van der Waals surface area contributed by atoms with Crippen molar-refractivity contribution in [2.75, 3.05) is 26.2 Å². The lowest BCUT2D eigenvalue weighted by Crippen LogP contribution is -2.43. The van der Waals surface area contributed by atoms with Crippen LogP contribution in [-0.2, 0) is 17.5 Å². The molecule has 1 aromatic heterocycles. The number of likely N-dealkylation sites (tertiary alicyclic amines) is 1. The van der Waals surface area contributed by atoms with E-state index in [1.54, 1.807) is 30.5 Å². The molecule has 2 amide bonds. The number of rotatable bonds is 6. The molecule has 0 unspecified atom stereocenters. The molecule has 6 nitrogen and oxygen atoms in total. The molecule has 182 valence electrons. The van der Waals surface area contributed by atoms with Crippen molar-refractivity contribution in [1.82, 2.24) is 19.6 Å². The van der Waals surface area contributed by atoms with Crippen LogP contribution in [0.15, 0.2) is 47.5 Å². The minimum Gasteiger partial charge on any atom is -0.301 e. The van der Waals surface area contributed by atoms with Crippen molar-refractivity contribution in [3.63, 3.8) is 0 Å². The van der Waals surface area contributed by atoms with E-state index in [4.69, 9.17) is 11.6 Å². The predicted octanol–water partition coefficient (Wildman–Crippen LogP) is 5.50. The summed E-state index contributed by atoms with van der Waals surface area (Å²) in [6.45, 7) is 2.97. The molecule has 11 heteroatoms. The molecule has 3 aromatic rings. The average Bonchev–Trinajstić information content (AvgIpc) is 3.28. The third kappa shape index (κ3) is 4.96. The predicted molar refractivity (Wildman–Crippen MR) is 129 cm³/mol. The number of carbonyl (C=O) groups excluding carboxylic acids is 2. The number of imide groups is 1. The van der Waals surface area contributed by atoms with Gasteiger partial charge in [-0.2, -0.15) is 18.3 Å². The van der Waals surface area contributed by atoms with Gasteiger partial charge in [0.25, 0.3) is 11.1 Å². The number of alkyl halides is 3. The molecule has 0 saturated carbocycles. The molecule has 35 heavy (non-hydrogen) atoms. The number of amides is 2. The zero-order chi connectivity index (χ0) is 24.7. The first-order chi connectivity index (χ1) is 16.7. The second-order valence-electron chi connectivity index (χ2n) is 8.45. The van der Waals surface area contributed by atoms with Crippen molar-refractivity contribution in [1.29, 1.82) is 0 Å². The maximum atomic E-state index is 13.5. The van der Waals surface area contributed by atoms with Crippen molar-refractivity contribution >= 4 is 51.5 Å². The van der Waals surface area contributed by atoms with E-state index < -0.39 is 11.7 Å². The summed E-state index contributed by atoms with van der Waals surface area (Å²) in [5.74, 6) is -0.307. The summed E-state index contributed by atoms with van der Waals surface area (Å²) in [5.41, 5.74) is 0.610. The third-order valence-corrected chi connectivity index (χ3v) is 7.27. The Morgan fingerprint density at radius 2 is 1.89 bits per heavy atom. The number of carbonyl (C=O) groups is 2. The highest BCUT2D eigenvalue weighted by Crippen LogP contribution is 2.35. The van der Waals surface area contributed by atoms with Gasteiger partial charge in [-0.1, -0.05) is 23.7 Å². The number of hydrogen-bond acceptors (Lipinski definition) is 5. The summed E-state index contributed by atoms with van der Waals surface area (Å²) >= 11 is 6.69. The van der Waals surface area contributed by atoms with Crippen molar-refractivity contribution < 1.29 is 22.8 Å². The number of aromatic nitrogens is 2. The number of thioether (sulfide) groups is 1. The van der Waals surface area contributed by atoms with Gasteiger partial charge in [-0.3, -0.25) is 19.2 Å². The fourth-order valence-electron chi connectivity index (χ4n) is 4.12. The van der Waals surface area contributed by atoms with Gasteiger partial charge in [0.15, 0.2) is 0 Å². The summed E-state index contributed by atoms with van der Waals surface area (Å²) in [4.78, 5) is 28.9. The summed E-state index contributed by atoms with van der Waals surface area (Å²) < 4.78 is 41.9. The van der Waals surface area contributed by atoms with Crippen LogP contribution in [0, 0.1) is 0 Å². The molecular weight excluding hydrogens is 501 g/mol. The molecule has 2 aliphatic heterocycles. The molecular formula is C24H20ClF3N4O2S. The smallest absolute Gasteiger partial charge is 0.301 e. The Kier molecular flexibility index (Phi) is 6.37. The molecule has 2 saturated heterocycles. The van der Waals surface area contributed by atoms with Gasteiger partial charge in [-0.25, -0.2) is 0 Å². The van der Waals surface area contributed by atoms with Crippen molar-refractivity contribution in [3.05, 3.63) is 69.2 Å². The second kappa shape index (κ2) is 9.33. The first-order valence-corrected chi connectivity index (χ1v) is 12.2. The first kappa shape index (κ1) is 23.9. The van der Waals surface area contributed by atoms with Crippen LogP contribution < -0.4 is 0 Å². The number of nitrogens with zero attached hydrogens (tertiary/aromatic N) is 4. The van der Waals surface area contributed by atoms with Crippen LogP contribution in [0.1, 0.15) is 23.1 Å². The van der Waals surface area contributed by atoms with Crippen molar-refractivity contribution in [3.8, 4) is 0 Å². The highest BCUT2D eigenvalue weighted by molar-refractivity contribution is 8.18. The Hall–Kier alpha value is -2.82. The molecule has 0 radical (unpaired) electrons. The molecule has 3 heterocycles. The van der Waals surface area contributed by atoms with E-state index in [-0.39, 0.29) is 28.3 Å². The topological polar surface area (TPSA) is 58.4 Å². The molecule has 0 N–H and O–H groups in total. The monoisotopic (exact) mass is 520 g/mol. The standard InChI is InChI=1S/C24H20ClF3N4O2S/c25-18-4-3-16(19(12-18)24(26,27)28)14-32-20-5-2-15(10-17(20)13-29-32)11-21-22(33)31(23(34)35-21)9-8-30-6-1-7-30/h2-5,10-13H,1,6-9,14H2/b21-11-. The lowest BCUT2D eigenvalue weighted by molar-refractivity contribution is -0.138. The Morgan fingerprint density at radius 1 is 1.09 bits per heavy atom. The van der Waals surface area contributed by atoms with E-state index in [1.807, 2.05) is 0 Å². The SMILES string of the molecule is O=C1S/C(=C\c2ccc3c(cnn3Cc3ccc(Cl)cc3C(F)(F)F)c2)C(=O)N1CCN1CCC1. The average molecular weight is 521 g/mol. The van der Waals surface area contributed by atoms with Gasteiger partial charge in [-0.15, -0.1) is 0 Å². The Balaban J connectivity index is 1.35. The summed E-state index contributed by atoms with van der Waals surface area (Å²) in [5, 5.41) is 4.70. The lowest BCUT2D eigenvalue weighted by Gasteiger charge is -2.31. The van der Waals surface area contributed by atoms with Crippen molar-refractivity contribution in [2.24, 2.45) is 0 Å². The zero-order valence-electron chi connectivity index (χ0n) is 18.4. The van der Waals surface area contributed by atoms with E-state index in [0.717, 1.165) is 37.3 Å². The van der Waals surface area contributed by atoms with E-state index in [9.17, 15) is 22.8 Å². The van der Waals surface area contributed by atoms with Crippen LogP contribution in [0.4, 0.5) is 18.0 Å². The van der Waals surface area contributed by atoms with Gasteiger partial charge in [0.2, 0.25) is 0 Å². The number of halogens is 4. The second-order valence-corrected chi connectivity index (χ2v) is 9.88. The fourth-order valence-corrected chi connectivity index (χ4v) is 5.16. The van der Waals surface area contributed by atoms with E-state index in [2.05, 4.69) is 10.00 Å². The van der Waals surface area contributed by atoms with Crippen LogP contribution in [0.3, 0.4) is 0 Å². The van der Waals surface area contributed by atoms with Crippen LogP contribution in [0.2, 0.25) is 5.02 Å². The molecule has 2 aromatic carbocycles. The third-order valence-electron chi connectivity index (χ3n) is 6.12. The van der Waals surface area contributed by atoms with Gasteiger partial charge in [0.05, 0.1) is 28.7 Å². The molecule has 2 aliphatic rings. The normalized spacial score (nSPS) is 18.2. The quantitative estimate of drug-likeness (QED) is 0.402. The zero-order valence-corrected chi connectivity index (χ0v) is 20.0. The maximum Gasteiger partial charge on any atom is 0.416 e. The van der Waals surface area contributed by atoms with E-state index in [0.29, 0.717) is 34.5 Å². The van der Waals surface area contributed by atoms with Crippen LogP contribution >= 0.6 is 23.4 Å². The summed E-state index contributed by atoms with van der Waals surface area (Å²) in [6.07, 6.45) is -0.167. The van der Waals surface area contributed by atoms with Gasteiger partial charge >= 0.3 is 6.18 Å². The van der Waals surface area contributed by atoms with Gasteiger partial charge < -0.3 is 4.90 Å². The highest BCUT2D eigenvalue weighted by atomic mass is 35.5. The minimum atomic E-state index is -4.53. The van der Waals surface area contributed by atoms with Crippen molar-refractivity contribution in [2.45, 2.75) is 19.1 Å². The lowest BCUT2D eigenvalue weighted by atomic mass is 10.1. The van der Waals surface area contributed by atoms with E-state index >= 15 is 0 Å². The minimum absolute atomic E-state index is 0.0148.